The number of halogens is 1. The summed E-state index contributed by atoms with van der Waals surface area (Å²) in [6, 6.07) is 2.31. The first-order valence-electron chi connectivity index (χ1n) is 6.05. The molecule has 0 unspecified atom stereocenters. The van der Waals surface area contributed by atoms with Crippen LogP contribution in [0.2, 0.25) is 0 Å². The predicted molar refractivity (Wildman–Crippen MR) is 71.6 cm³/mol. The Morgan fingerprint density at radius 1 is 1.39 bits per heavy atom. The zero-order chi connectivity index (χ0) is 12.7. The molecule has 1 aliphatic heterocycles. The van der Waals surface area contributed by atoms with Crippen molar-refractivity contribution < 1.29 is 4.39 Å². The number of fused-ring (bicyclic) bond motifs is 1. The fourth-order valence-electron chi connectivity index (χ4n) is 2.41. The van der Waals surface area contributed by atoms with Gasteiger partial charge in [0, 0.05) is 31.2 Å². The third-order valence-electron chi connectivity index (χ3n) is 3.03. The van der Waals surface area contributed by atoms with Crippen molar-refractivity contribution in [1.29, 1.82) is 0 Å². The molecule has 4 nitrogen and oxygen atoms in total. The smallest absolute Gasteiger partial charge is 0.188 e. The van der Waals surface area contributed by atoms with Crippen molar-refractivity contribution in [2.75, 3.05) is 18.0 Å². The highest BCUT2D eigenvalue weighted by Crippen LogP contribution is 2.28. The van der Waals surface area contributed by atoms with Gasteiger partial charge in [0.15, 0.2) is 5.13 Å². The molecular formula is C12H15FN4S. The van der Waals surface area contributed by atoms with Crippen molar-refractivity contribution in [3.63, 3.8) is 0 Å². The summed E-state index contributed by atoms with van der Waals surface area (Å²) in [6.07, 6.45) is 1.24. The van der Waals surface area contributed by atoms with Crippen LogP contribution in [-0.4, -0.2) is 35.1 Å². The summed E-state index contributed by atoms with van der Waals surface area (Å²) in [4.78, 5) is 11.6. The first kappa shape index (κ1) is 11.8. The molecule has 96 valence electrons. The molecule has 0 aromatic carbocycles. The highest BCUT2D eigenvalue weighted by molar-refractivity contribution is 7.21. The summed E-state index contributed by atoms with van der Waals surface area (Å²) in [5, 5.41) is 4.41. The fourth-order valence-corrected chi connectivity index (χ4v) is 3.32. The van der Waals surface area contributed by atoms with E-state index in [1.807, 2.05) is 0 Å². The lowest BCUT2D eigenvalue weighted by Gasteiger charge is -2.35. The highest BCUT2D eigenvalue weighted by atomic mass is 32.1. The van der Waals surface area contributed by atoms with Crippen LogP contribution in [-0.2, 0) is 0 Å². The lowest BCUT2D eigenvalue weighted by molar-refractivity contribution is 0.407. The molecule has 1 saturated heterocycles. The van der Waals surface area contributed by atoms with Crippen LogP contribution in [0.3, 0.4) is 0 Å². The molecule has 0 aliphatic carbocycles. The Morgan fingerprint density at radius 2 is 2.11 bits per heavy atom. The number of hydrogen-bond acceptors (Lipinski definition) is 5. The van der Waals surface area contributed by atoms with Crippen LogP contribution in [0.4, 0.5) is 9.52 Å². The van der Waals surface area contributed by atoms with E-state index in [0.717, 1.165) is 23.1 Å². The van der Waals surface area contributed by atoms with Crippen molar-refractivity contribution >= 4 is 26.8 Å². The molecule has 2 aromatic rings. The van der Waals surface area contributed by atoms with Gasteiger partial charge >= 0.3 is 0 Å². The normalized spacial score (nSPS) is 24.7. The van der Waals surface area contributed by atoms with Crippen molar-refractivity contribution in [2.45, 2.75) is 25.9 Å². The third-order valence-corrected chi connectivity index (χ3v) is 4.07. The Hall–Kier alpha value is -1.27. The molecule has 1 N–H and O–H groups in total. The number of rotatable bonds is 1. The topological polar surface area (TPSA) is 41.1 Å². The molecule has 0 bridgehead atoms. The van der Waals surface area contributed by atoms with Crippen LogP contribution >= 0.6 is 11.3 Å². The van der Waals surface area contributed by atoms with Crippen molar-refractivity contribution in [3.05, 3.63) is 18.1 Å². The average Bonchev–Trinajstić information content (AvgIpc) is 2.70. The molecule has 3 heterocycles. The van der Waals surface area contributed by atoms with E-state index < -0.39 is 0 Å². The second kappa shape index (κ2) is 4.44. The lowest BCUT2D eigenvalue weighted by atomic mass is 10.2. The van der Waals surface area contributed by atoms with Crippen molar-refractivity contribution in [2.24, 2.45) is 0 Å². The lowest BCUT2D eigenvalue weighted by Crippen LogP contribution is -2.54. The number of thiazole rings is 1. The first-order chi connectivity index (χ1) is 8.61. The van der Waals surface area contributed by atoms with Gasteiger partial charge in [0.2, 0.25) is 0 Å². The SMILES string of the molecule is C[C@@H]1CN(c2nc3cc(F)cnc3s2)C[C@H](C)N1. The largest absolute Gasteiger partial charge is 0.345 e. The van der Waals surface area contributed by atoms with Gasteiger partial charge in [-0.25, -0.2) is 14.4 Å². The number of hydrogen-bond donors (Lipinski definition) is 1. The number of nitrogens with one attached hydrogen (secondary N) is 1. The summed E-state index contributed by atoms with van der Waals surface area (Å²) in [5.41, 5.74) is 0.647. The number of piperazine rings is 1. The maximum Gasteiger partial charge on any atom is 0.188 e. The second-order valence-corrected chi connectivity index (χ2v) is 5.80. The monoisotopic (exact) mass is 266 g/mol. The maximum atomic E-state index is 13.1. The van der Waals surface area contributed by atoms with Gasteiger partial charge in [-0.15, -0.1) is 0 Å². The molecule has 1 aliphatic rings. The van der Waals surface area contributed by atoms with Crippen LogP contribution in [0.1, 0.15) is 13.8 Å². The number of pyridine rings is 1. The standard InChI is InChI=1S/C12H15FN4S/c1-7-5-17(6-8(2)15-7)12-16-10-3-9(13)4-14-11(10)18-12/h3-4,7-8,15H,5-6H2,1-2H3/t7-,8+. The van der Waals surface area contributed by atoms with E-state index in [1.54, 1.807) is 0 Å². The molecule has 1 fully saturated rings. The Bertz CT molecular complexity index is 560. The molecule has 0 radical (unpaired) electrons. The van der Waals surface area contributed by atoms with Gasteiger partial charge in [-0.2, -0.15) is 0 Å². The van der Waals surface area contributed by atoms with Gasteiger partial charge in [-0.3, -0.25) is 0 Å². The minimum atomic E-state index is -0.332. The summed E-state index contributed by atoms with van der Waals surface area (Å²) >= 11 is 1.53. The summed E-state index contributed by atoms with van der Waals surface area (Å²) < 4.78 is 13.1. The minimum absolute atomic E-state index is 0.332. The van der Waals surface area contributed by atoms with Crippen LogP contribution in [0.15, 0.2) is 12.3 Å². The molecule has 0 spiro atoms. The number of anilines is 1. The van der Waals surface area contributed by atoms with E-state index >= 15 is 0 Å². The van der Waals surface area contributed by atoms with E-state index in [-0.39, 0.29) is 5.82 Å². The van der Waals surface area contributed by atoms with Crippen LogP contribution in [0, 0.1) is 5.82 Å². The summed E-state index contributed by atoms with van der Waals surface area (Å²) in [5.74, 6) is -0.332. The molecule has 6 heteroatoms. The van der Waals surface area contributed by atoms with Gasteiger partial charge in [-0.05, 0) is 13.8 Å². The molecule has 3 rings (SSSR count). The van der Waals surface area contributed by atoms with Crippen molar-refractivity contribution in [1.82, 2.24) is 15.3 Å². The van der Waals surface area contributed by atoms with E-state index in [1.165, 1.54) is 23.6 Å². The molecule has 18 heavy (non-hydrogen) atoms. The Morgan fingerprint density at radius 3 is 2.83 bits per heavy atom. The van der Waals surface area contributed by atoms with Crippen LogP contribution in [0.25, 0.3) is 10.3 Å². The Labute approximate surface area is 109 Å². The molecule has 2 atom stereocenters. The first-order valence-corrected chi connectivity index (χ1v) is 6.86. The minimum Gasteiger partial charge on any atom is -0.345 e. The molecule has 0 amide bonds. The van der Waals surface area contributed by atoms with Gasteiger partial charge in [0.25, 0.3) is 0 Å². The second-order valence-electron chi connectivity index (χ2n) is 4.85. The zero-order valence-electron chi connectivity index (χ0n) is 10.4. The number of aromatic nitrogens is 2. The molecule has 0 saturated carbocycles. The van der Waals surface area contributed by atoms with Gasteiger partial charge in [0.05, 0.1) is 6.20 Å². The predicted octanol–water partition coefficient (Wildman–Crippen LogP) is 2.02. The average molecular weight is 266 g/mol. The summed E-state index contributed by atoms with van der Waals surface area (Å²) in [7, 11) is 0. The van der Waals surface area contributed by atoms with Crippen LogP contribution in [0.5, 0.6) is 0 Å². The summed E-state index contributed by atoms with van der Waals surface area (Å²) in [6.45, 7) is 6.17. The Kier molecular flexibility index (Phi) is 2.91. The van der Waals surface area contributed by atoms with Crippen molar-refractivity contribution in [3.8, 4) is 0 Å². The molecular weight excluding hydrogens is 251 g/mol. The van der Waals surface area contributed by atoms with Gasteiger partial charge in [-0.1, -0.05) is 11.3 Å². The van der Waals surface area contributed by atoms with E-state index in [2.05, 4.69) is 34.0 Å². The zero-order valence-corrected chi connectivity index (χ0v) is 11.2. The quantitative estimate of drug-likeness (QED) is 0.857. The maximum absolute atomic E-state index is 13.1. The highest BCUT2D eigenvalue weighted by Gasteiger charge is 2.23. The van der Waals surface area contributed by atoms with Gasteiger partial charge < -0.3 is 10.2 Å². The van der Waals surface area contributed by atoms with E-state index in [0.29, 0.717) is 17.6 Å². The molecule has 2 aromatic heterocycles. The number of nitrogens with zero attached hydrogens (tertiary/aromatic N) is 3. The third kappa shape index (κ3) is 2.18. The Balaban J connectivity index is 1.93. The van der Waals surface area contributed by atoms with E-state index in [9.17, 15) is 4.39 Å². The van der Waals surface area contributed by atoms with Gasteiger partial charge in [0.1, 0.15) is 16.2 Å². The van der Waals surface area contributed by atoms with Crippen LogP contribution < -0.4 is 10.2 Å². The van der Waals surface area contributed by atoms with E-state index in [4.69, 9.17) is 0 Å². The fraction of sp³-hybridized carbons (Fsp3) is 0.500.